The number of rotatable bonds is 6. The van der Waals surface area contributed by atoms with Crippen LogP contribution in [-0.2, 0) is 14.3 Å². The second-order valence-electron chi connectivity index (χ2n) is 4.75. The molecule has 2 rings (SSSR count). The molecule has 0 bridgehead atoms. The fourth-order valence-corrected chi connectivity index (χ4v) is 3.05. The highest BCUT2D eigenvalue weighted by Gasteiger charge is 2.11. The lowest BCUT2D eigenvalue weighted by atomic mass is 10.2. The van der Waals surface area contributed by atoms with Crippen LogP contribution in [0.1, 0.15) is 11.1 Å². The maximum atomic E-state index is 11.7. The van der Waals surface area contributed by atoms with Crippen molar-refractivity contribution in [3.63, 3.8) is 0 Å². The van der Waals surface area contributed by atoms with Gasteiger partial charge in [0.05, 0.1) is 5.75 Å². The van der Waals surface area contributed by atoms with Gasteiger partial charge in [-0.2, -0.15) is 0 Å². The van der Waals surface area contributed by atoms with Gasteiger partial charge in [0.15, 0.2) is 12.4 Å². The summed E-state index contributed by atoms with van der Waals surface area (Å²) >= 11 is 4.85. The summed E-state index contributed by atoms with van der Waals surface area (Å²) in [5, 5.41) is 5.97. The van der Waals surface area contributed by atoms with Gasteiger partial charge in [-0.25, -0.2) is 0 Å². The Morgan fingerprint density at radius 1 is 1.35 bits per heavy atom. The molecule has 0 radical (unpaired) electrons. The first kappa shape index (κ1) is 17.6. The summed E-state index contributed by atoms with van der Waals surface area (Å²) in [5.41, 5.74) is 2.17. The Morgan fingerprint density at radius 3 is 2.83 bits per heavy atom. The molecule has 8 heteroatoms. The zero-order valence-electron chi connectivity index (χ0n) is 12.6. The number of nitrogens with one attached hydrogen (secondary N) is 1. The highest BCUT2D eigenvalue weighted by molar-refractivity contribution is 9.10. The third kappa shape index (κ3) is 5.40. The minimum absolute atomic E-state index is 0.138. The zero-order valence-corrected chi connectivity index (χ0v) is 15.0. The van der Waals surface area contributed by atoms with E-state index in [1.54, 1.807) is 0 Å². The highest BCUT2D eigenvalue weighted by atomic mass is 79.9. The Bertz CT molecular complexity index is 704. The van der Waals surface area contributed by atoms with Gasteiger partial charge in [0.1, 0.15) is 6.26 Å². The fraction of sp³-hybridized carbons (Fsp3) is 0.267. The molecule has 0 aliphatic rings. The van der Waals surface area contributed by atoms with Crippen molar-refractivity contribution in [3.8, 4) is 0 Å². The largest absolute Gasteiger partial charge is 0.455 e. The van der Waals surface area contributed by atoms with Crippen LogP contribution in [0.2, 0.25) is 0 Å². The van der Waals surface area contributed by atoms with Crippen molar-refractivity contribution < 1.29 is 18.8 Å². The lowest BCUT2D eigenvalue weighted by Crippen LogP contribution is -2.21. The summed E-state index contributed by atoms with van der Waals surface area (Å²) in [5.74, 6) is -0.501. The molecule has 6 nitrogen and oxygen atoms in total. The van der Waals surface area contributed by atoms with E-state index in [2.05, 4.69) is 30.9 Å². The number of ether oxygens (including phenoxy) is 1. The smallest absolute Gasteiger partial charge is 0.316 e. The van der Waals surface area contributed by atoms with Crippen LogP contribution in [-0.4, -0.2) is 29.4 Å². The molecule has 1 aromatic carbocycles. The van der Waals surface area contributed by atoms with Crippen LogP contribution >= 0.6 is 27.7 Å². The zero-order chi connectivity index (χ0) is 16.8. The molecule has 0 aliphatic carbocycles. The first-order chi connectivity index (χ1) is 11.0. The monoisotopic (exact) mass is 398 g/mol. The molecule has 0 unspecified atom stereocenters. The molecule has 0 spiro atoms. The van der Waals surface area contributed by atoms with E-state index in [0.29, 0.717) is 0 Å². The molecule has 0 saturated heterocycles. The van der Waals surface area contributed by atoms with E-state index < -0.39 is 11.9 Å². The number of hydrogen-bond acceptors (Lipinski definition) is 6. The molecular formula is C15H15BrN2O4S. The Balaban J connectivity index is 1.77. The highest BCUT2D eigenvalue weighted by Crippen LogP contribution is 2.28. The van der Waals surface area contributed by atoms with Gasteiger partial charge in [-0.15, -0.1) is 11.8 Å². The third-order valence-electron chi connectivity index (χ3n) is 2.87. The van der Waals surface area contributed by atoms with Crippen molar-refractivity contribution in [1.29, 1.82) is 0 Å². The minimum atomic E-state index is -0.465. The minimum Gasteiger partial charge on any atom is -0.455 e. The number of carbonyl (C=O) groups is 2. The third-order valence-corrected chi connectivity index (χ3v) is 4.86. The van der Waals surface area contributed by atoms with Crippen LogP contribution in [0.15, 0.2) is 38.4 Å². The van der Waals surface area contributed by atoms with E-state index in [0.717, 1.165) is 20.5 Å². The first-order valence-corrected chi connectivity index (χ1v) is 8.49. The van der Waals surface area contributed by atoms with Crippen LogP contribution in [0.3, 0.4) is 0 Å². The summed E-state index contributed by atoms with van der Waals surface area (Å²) in [6.07, 6.45) is 1.33. The molecule has 1 aromatic heterocycles. The summed E-state index contributed by atoms with van der Waals surface area (Å²) in [7, 11) is 0. The summed E-state index contributed by atoms with van der Waals surface area (Å²) in [4.78, 5) is 24.3. The number of nitrogens with zero attached hydrogens (tertiary/aromatic N) is 1. The molecule has 1 amide bonds. The quantitative estimate of drug-likeness (QED) is 0.593. The van der Waals surface area contributed by atoms with Crippen molar-refractivity contribution in [2.75, 3.05) is 17.7 Å². The summed E-state index contributed by atoms with van der Waals surface area (Å²) in [6, 6.07) is 5.51. The van der Waals surface area contributed by atoms with E-state index in [9.17, 15) is 9.59 Å². The van der Waals surface area contributed by atoms with Crippen LogP contribution in [0, 0.1) is 13.8 Å². The molecule has 1 N–H and O–H groups in total. The Hall–Kier alpha value is -1.80. The van der Waals surface area contributed by atoms with Crippen molar-refractivity contribution in [2.45, 2.75) is 18.7 Å². The van der Waals surface area contributed by atoms with Gasteiger partial charge in [0.25, 0.3) is 5.91 Å². The number of anilines is 1. The molecular weight excluding hydrogens is 384 g/mol. The normalized spacial score (nSPS) is 10.4. The molecule has 122 valence electrons. The standard InChI is InChI=1S/C15H15BrN2O4S/c1-9-6-12(10(2)5-11(9)16)23-8-15(20)21-7-14(19)17-13-3-4-22-18-13/h3-6H,7-8H2,1-2H3,(H,17,18,19). The number of esters is 1. The molecule has 0 aliphatic heterocycles. The lowest BCUT2D eigenvalue weighted by molar-refractivity contribution is -0.144. The average Bonchev–Trinajstić information content (AvgIpc) is 3.00. The number of halogens is 1. The van der Waals surface area contributed by atoms with Crippen molar-refractivity contribution in [1.82, 2.24) is 5.16 Å². The number of aromatic nitrogens is 1. The summed E-state index contributed by atoms with van der Waals surface area (Å²) in [6.45, 7) is 3.61. The first-order valence-electron chi connectivity index (χ1n) is 6.71. The number of amides is 1. The van der Waals surface area contributed by atoms with Crippen molar-refractivity contribution in [3.05, 3.63) is 40.1 Å². The molecule has 23 heavy (non-hydrogen) atoms. The number of benzene rings is 1. The van der Waals surface area contributed by atoms with Gasteiger partial charge in [-0.3, -0.25) is 9.59 Å². The van der Waals surface area contributed by atoms with Crippen molar-refractivity contribution >= 4 is 45.4 Å². The second kappa shape index (κ2) is 8.16. The molecule has 1 heterocycles. The van der Waals surface area contributed by atoms with E-state index in [1.165, 1.54) is 24.1 Å². The molecule has 0 fully saturated rings. The summed E-state index contributed by atoms with van der Waals surface area (Å²) < 4.78 is 10.5. The lowest BCUT2D eigenvalue weighted by Gasteiger charge is -2.08. The molecule has 2 aromatic rings. The van der Waals surface area contributed by atoms with Crippen LogP contribution in [0.4, 0.5) is 5.82 Å². The topological polar surface area (TPSA) is 81.4 Å². The fourth-order valence-electron chi connectivity index (χ4n) is 1.69. The van der Waals surface area contributed by atoms with Crippen LogP contribution in [0.25, 0.3) is 0 Å². The number of carbonyl (C=O) groups excluding carboxylic acids is 2. The van der Waals surface area contributed by atoms with Crippen LogP contribution in [0.5, 0.6) is 0 Å². The Morgan fingerprint density at radius 2 is 2.13 bits per heavy atom. The Labute approximate surface area is 146 Å². The predicted octanol–water partition coefficient (Wildman–Crippen LogP) is 3.33. The van der Waals surface area contributed by atoms with E-state index in [4.69, 9.17) is 4.74 Å². The van der Waals surface area contributed by atoms with Crippen LogP contribution < -0.4 is 5.32 Å². The maximum absolute atomic E-state index is 11.7. The van der Waals surface area contributed by atoms with Gasteiger partial charge in [-0.1, -0.05) is 21.1 Å². The van der Waals surface area contributed by atoms with E-state index in [-0.39, 0.29) is 18.2 Å². The van der Waals surface area contributed by atoms with Gasteiger partial charge in [0, 0.05) is 15.4 Å². The molecule has 0 atom stereocenters. The van der Waals surface area contributed by atoms with Crippen molar-refractivity contribution in [2.24, 2.45) is 0 Å². The van der Waals surface area contributed by atoms with Gasteiger partial charge >= 0.3 is 5.97 Å². The number of thioether (sulfide) groups is 1. The Kier molecular flexibility index (Phi) is 6.23. The maximum Gasteiger partial charge on any atom is 0.316 e. The van der Waals surface area contributed by atoms with E-state index in [1.807, 2.05) is 26.0 Å². The van der Waals surface area contributed by atoms with Gasteiger partial charge in [0.2, 0.25) is 0 Å². The average molecular weight is 399 g/mol. The molecule has 0 saturated carbocycles. The van der Waals surface area contributed by atoms with E-state index >= 15 is 0 Å². The SMILES string of the molecule is Cc1cc(SCC(=O)OCC(=O)Nc2ccon2)c(C)cc1Br. The number of hydrogen-bond donors (Lipinski definition) is 1. The number of aryl methyl sites for hydroxylation is 2. The predicted molar refractivity (Wildman–Crippen MR) is 90.4 cm³/mol. The van der Waals surface area contributed by atoms with Gasteiger partial charge in [-0.05, 0) is 37.1 Å². The van der Waals surface area contributed by atoms with Gasteiger partial charge < -0.3 is 14.6 Å². The second-order valence-corrected chi connectivity index (χ2v) is 6.62.